The summed E-state index contributed by atoms with van der Waals surface area (Å²) in [6, 6.07) is 8.65. The van der Waals surface area contributed by atoms with E-state index in [0.29, 0.717) is 0 Å². The molecule has 3 rings (SSSR count). The van der Waals surface area contributed by atoms with Crippen LogP contribution in [0.4, 0.5) is 0 Å². The van der Waals surface area contributed by atoms with Crippen LogP contribution in [0.2, 0.25) is 0 Å². The molecular formula is C12H11ClS. The first-order valence-corrected chi connectivity index (χ1v) is 6.33. The van der Waals surface area contributed by atoms with Crippen molar-refractivity contribution in [2.75, 3.05) is 5.88 Å². The van der Waals surface area contributed by atoms with Crippen molar-refractivity contribution in [3.05, 3.63) is 35.2 Å². The third kappa shape index (κ3) is 1.27. The Bertz CT molecular complexity index is 460. The average Bonchev–Trinajstić information content (AvgIpc) is 2.90. The topological polar surface area (TPSA) is 0 Å². The quantitative estimate of drug-likeness (QED) is 0.667. The molecule has 0 radical (unpaired) electrons. The second-order valence-electron chi connectivity index (χ2n) is 3.94. The standard InChI is InChI=1S/C12H11ClS/c13-6-8-5-10(8)11-7-14-12-4-2-1-3-9(11)12/h1-4,7-8,10H,5-6H2. The minimum atomic E-state index is 0.731. The average molecular weight is 223 g/mol. The van der Waals surface area contributed by atoms with E-state index in [9.17, 15) is 0 Å². The molecule has 0 bridgehead atoms. The molecule has 1 aromatic carbocycles. The molecule has 72 valence electrons. The van der Waals surface area contributed by atoms with Gasteiger partial charge in [0.05, 0.1) is 0 Å². The lowest BCUT2D eigenvalue weighted by Crippen LogP contribution is -1.82. The predicted molar refractivity (Wildman–Crippen MR) is 63.4 cm³/mol. The number of thiophene rings is 1. The van der Waals surface area contributed by atoms with Gasteiger partial charge in [-0.2, -0.15) is 0 Å². The maximum absolute atomic E-state index is 5.87. The molecule has 0 spiro atoms. The summed E-state index contributed by atoms with van der Waals surface area (Å²) in [4.78, 5) is 0. The van der Waals surface area contributed by atoms with E-state index >= 15 is 0 Å². The molecule has 0 saturated heterocycles. The number of alkyl halides is 1. The lowest BCUT2D eigenvalue weighted by atomic mass is 10.1. The predicted octanol–water partition coefficient (Wildman–Crippen LogP) is 4.24. The molecule has 0 N–H and O–H groups in total. The fourth-order valence-electron chi connectivity index (χ4n) is 2.08. The van der Waals surface area contributed by atoms with Crippen molar-refractivity contribution in [1.29, 1.82) is 0 Å². The van der Waals surface area contributed by atoms with Crippen LogP contribution in [0.3, 0.4) is 0 Å². The Hall–Kier alpha value is -0.530. The number of hydrogen-bond donors (Lipinski definition) is 0. The Kier molecular flexibility index (Phi) is 2.03. The first-order chi connectivity index (χ1) is 6.90. The summed E-state index contributed by atoms with van der Waals surface area (Å²) >= 11 is 7.72. The molecule has 1 aromatic heterocycles. The van der Waals surface area contributed by atoms with E-state index in [1.54, 1.807) is 0 Å². The fourth-order valence-corrected chi connectivity index (χ4v) is 3.45. The summed E-state index contributed by atoms with van der Waals surface area (Å²) in [7, 11) is 0. The molecule has 1 fully saturated rings. The lowest BCUT2D eigenvalue weighted by molar-refractivity contribution is 0.931. The Labute approximate surface area is 92.5 Å². The van der Waals surface area contributed by atoms with Crippen LogP contribution in [0.5, 0.6) is 0 Å². The molecule has 2 unspecified atom stereocenters. The number of rotatable bonds is 2. The van der Waals surface area contributed by atoms with Gasteiger partial charge < -0.3 is 0 Å². The van der Waals surface area contributed by atoms with E-state index < -0.39 is 0 Å². The first kappa shape index (κ1) is 8.75. The van der Waals surface area contributed by atoms with E-state index in [0.717, 1.165) is 17.7 Å². The second kappa shape index (κ2) is 3.25. The van der Waals surface area contributed by atoms with Crippen LogP contribution in [0.15, 0.2) is 29.6 Å². The Morgan fingerprint density at radius 1 is 1.36 bits per heavy atom. The smallest absolute Gasteiger partial charge is 0.0345 e. The zero-order chi connectivity index (χ0) is 9.54. The Morgan fingerprint density at radius 2 is 2.21 bits per heavy atom. The number of fused-ring (bicyclic) bond motifs is 1. The summed E-state index contributed by atoms with van der Waals surface area (Å²) in [6.07, 6.45) is 1.28. The van der Waals surface area contributed by atoms with Crippen molar-refractivity contribution in [3.63, 3.8) is 0 Å². The largest absolute Gasteiger partial charge is 0.144 e. The van der Waals surface area contributed by atoms with Gasteiger partial charge in [-0.3, -0.25) is 0 Å². The van der Waals surface area contributed by atoms with Gasteiger partial charge in [0.15, 0.2) is 0 Å². The van der Waals surface area contributed by atoms with Crippen LogP contribution in [0, 0.1) is 5.92 Å². The van der Waals surface area contributed by atoms with Gasteiger partial charge in [-0.05, 0) is 40.7 Å². The Balaban J connectivity index is 2.06. The van der Waals surface area contributed by atoms with Gasteiger partial charge >= 0.3 is 0 Å². The van der Waals surface area contributed by atoms with Crippen LogP contribution in [-0.2, 0) is 0 Å². The normalized spacial score (nSPS) is 25.5. The summed E-state index contributed by atoms with van der Waals surface area (Å²) in [5.41, 5.74) is 1.52. The van der Waals surface area contributed by atoms with Gasteiger partial charge in [-0.1, -0.05) is 18.2 Å². The molecule has 1 aliphatic rings. The SMILES string of the molecule is ClCC1CC1c1csc2ccccc12. The van der Waals surface area contributed by atoms with Gasteiger partial charge in [0.1, 0.15) is 0 Å². The summed E-state index contributed by atoms with van der Waals surface area (Å²) in [6.45, 7) is 0. The van der Waals surface area contributed by atoms with Crippen LogP contribution in [0.25, 0.3) is 10.1 Å². The summed E-state index contributed by atoms with van der Waals surface area (Å²) < 4.78 is 1.41. The minimum Gasteiger partial charge on any atom is -0.144 e. The van der Waals surface area contributed by atoms with Crippen molar-refractivity contribution in [2.24, 2.45) is 5.92 Å². The molecule has 0 amide bonds. The molecule has 0 aliphatic heterocycles. The van der Waals surface area contributed by atoms with E-state index in [1.807, 2.05) is 11.3 Å². The zero-order valence-electron chi connectivity index (χ0n) is 7.74. The van der Waals surface area contributed by atoms with E-state index in [2.05, 4.69) is 29.6 Å². The number of benzene rings is 1. The van der Waals surface area contributed by atoms with Crippen molar-refractivity contribution in [2.45, 2.75) is 12.3 Å². The van der Waals surface area contributed by atoms with Crippen LogP contribution in [-0.4, -0.2) is 5.88 Å². The molecule has 14 heavy (non-hydrogen) atoms. The fraction of sp³-hybridized carbons (Fsp3) is 0.333. The molecule has 1 aliphatic carbocycles. The van der Waals surface area contributed by atoms with Crippen molar-refractivity contribution in [3.8, 4) is 0 Å². The van der Waals surface area contributed by atoms with Gasteiger partial charge in [-0.15, -0.1) is 22.9 Å². The highest BCUT2D eigenvalue weighted by atomic mass is 35.5. The van der Waals surface area contributed by atoms with E-state index in [1.165, 1.54) is 22.1 Å². The third-order valence-electron chi connectivity index (χ3n) is 3.03. The van der Waals surface area contributed by atoms with Crippen LogP contribution >= 0.6 is 22.9 Å². The maximum Gasteiger partial charge on any atom is 0.0345 e. The zero-order valence-corrected chi connectivity index (χ0v) is 9.31. The molecule has 1 saturated carbocycles. The number of halogens is 1. The molecule has 1 heterocycles. The highest BCUT2D eigenvalue weighted by Crippen LogP contribution is 2.51. The lowest BCUT2D eigenvalue weighted by Gasteiger charge is -1.95. The summed E-state index contributed by atoms with van der Waals surface area (Å²) in [5.74, 6) is 2.28. The third-order valence-corrected chi connectivity index (χ3v) is 4.41. The molecule has 2 aromatic rings. The van der Waals surface area contributed by atoms with E-state index in [-0.39, 0.29) is 0 Å². The molecule has 2 atom stereocenters. The van der Waals surface area contributed by atoms with Crippen LogP contribution < -0.4 is 0 Å². The van der Waals surface area contributed by atoms with Crippen molar-refractivity contribution < 1.29 is 0 Å². The van der Waals surface area contributed by atoms with Crippen molar-refractivity contribution >= 4 is 33.0 Å². The van der Waals surface area contributed by atoms with Gasteiger partial charge in [0, 0.05) is 10.6 Å². The monoisotopic (exact) mass is 222 g/mol. The van der Waals surface area contributed by atoms with Gasteiger partial charge in [0.2, 0.25) is 0 Å². The molecule has 2 heteroatoms. The highest BCUT2D eigenvalue weighted by molar-refractivity contribution is 7.17. The van der Waals surface area contributed by atoms with E-state index in [4.69, 9.17) is 11.6 Å². The second-order valence-corrected chi connectivity index (χ2v) is 5.16. The van der Waals surface area contributed by atoms with Gasteiger partial charge in [0.25, 0.3) is 0 Å². The highest BCUT2D eigenvalue weighted by Gasteiger charge is 2.38. The molecule has 0 nitrogen and oxygen atoms in total. The minimum absolute atomic E-state index is 0.731. The summed E-state index contributed by atoms with van der Waals surface area (Å²) in [5, 5.41) is 3.75. The van der Waals surface area contributed by atoms with Crippen molar-refractivity contribution in [1.82, 2.24) is 0 Å². The van der Waals surface area contributed by atoms with Crippen LogP contribution in [0.1, 0.15) is 17.9 Å². The first-order valence-electron chi connectivity index (χ1n) is 4.92. The van der Waals surface area contributed by atoms with Gasteiger partial charge in [-0.25, -0.2) is 0 Å². The Morgan fingerprint density at radius 3 is 3.00 bits per heavy atom. The molecular weight excluding hydrogens is 212 g/mol. The maximum atomic E-state index is 5.87. The number of hydrogen-bond acceptors (Lipinski definition) is 1.